The van der Waals surface area contributed by atoms with Gasteiger partial charge in [0.25, 0.3) is 0 Å². The molecule has 116 valence electrons. The maximum atomic E-state index is 3.71. The summed E-state index contributed by atoms with van der Waals surface area (Å²) in [5.74, 6) is 0. The van der Waals surface area contributed by atoms with E-state index in [4.69, 9.17) is 0 Å². The number of nitrogens with zero attached hydrogens (tertiary/aromatic N) is 2. The van der Waals surface area contributed by atoms with Gasteiger partial charge in [-0.1, -0.05) is 6.92 Å². The minimum atomic E-state index is 0.647. The highest BCUT2D eigenvalue weighted by molar-refractivity contribution is 5.55. The lowest BCUT2D eigenvalue weighted by Gasteiger charge is -2.32. The monoisotopic (exact) mass is 287 g/mol. The van der Waals surface area contributed by atoms with Gasteiger partial charge in [0.2, 0.25) is 0 Å². The van der Waals surface area contributed by atoms with Crippen LogP contribution in [0.4, 0.5) is 11.4 Å². The first-order chi connectivity index (χ1) is 10.3. The second kappa shape index (κ2) is 7.17. The van der Waals surface area contributed by atoms with Gasteiger partial charge >= 0.3 is 0 Å². The number of benzene rings is 1. The third-order valence-electron chi connectivity index (χ3n) is 4.99. The Morgan fingerprint density at radius 1 is 0.952 bits per heavy atom. The van der Waals surface area contributed by atoms with E-state index in [0.29, 0.717) is 6.04 Å². The molecule has 0 unspecified atom stereocenters. The highest BCUT2D eigenvalue weighted by atomic mass is 15.1. The van der Waals surface area contributed by atoms with Gasteiger partial charge in [-0.2, -0.15) is 0 Å². The first-order valence-electron chi connectivity index (χ1n) is 8.69. The predicted octanol–water partition coefficient (Wildman–Crippen LogP) is 3.57. The van der Waals surface area contributed by atoms with Gasteiger partial charge in [-0.25, -0.2) is 0 Å². The summed E-state index contributed by atoms with van der Waals surface area (Å²) in [6.07, 6.45) is 6.61. The number of nitrogens with one attached hydrogen (secondary N) is 1. The fraction of sp³-hybridized carbons (Fsp3) is 0.667. The molecule has 2 aliphatic rings. The minimum Gasteiger partial charge on any atom is -0.382 e. The van der Waals surface area contributed by atoms with E-state index in [2.05, 4.69) is 46.3 Å². The summed E-state index contributed by atoms with van der Waals surface area (Å²) in [6, 6.07) is 9.74. The predicted molar refractivity (Wildman–Crippen MR) is 91.3 cm³/mol. The molecule has 0 spiro atoms. The zero-order chi connectivity index (χ0) is 14.5. The Hall–Kier alpha value is -1.22. The molecule has 2 saturated heterocycles. The Morgan fingerprint density at radius 2 is 1.62 bits per heavy atom. The van der Waals surface area contributed by atoms with Gasteiger partial charge in [0.15, 0.2) is 0 Å². The van der Waals surface area contributed by atoms with Crippen molar-refractivity contribution >= 4 is 11.4 Å². The van der Waals surface area contributed by atoms with Crippen molar-refractivity contribution in [2.75, 3.05) is 42.9 Å². The van der Waals surface area contributed by atoms with Gasteiger partial charge in [-0.3, -0.25) is 0 Å². The summed E-state index contributed by atoms with van der Waals surface area (Å²) in [7, 11) is 0. The molecule has 2 heterocycles. The summed E-state index contributed by atoms with van der Waals surface area (Å²) in [5.41, 5.74) is 2.67. The van der Waals surface area contributed by atoms with Crippen molar-refractivity contribution < 1.29 is 0 Å². The van der Waals surface area contributed by atoms with E-state index in [9.17, 15) is 0 Å². The minimum absolute atomic E-state index is 0.647. The maximum Gasteiger partial charge on any atom is 0.0367 e. The summed E-state index contributed by atoms with van der Waals surface area (Å²) in [5, 5.41) is 3.71. The average molecular weight is 287 g/mol. The van der Waals surface area contributed by atoms with E-state index in [1.807, 2.05) is 0 Å². The SMILES string of the molecule is CCN1CCC(Nc2ccc(N3CCCCC3)cc2)CC1. The van der Waals surface area contributed by atoms with E-state index in [-0.39, 0.29) is 0 Å². The van der Waals surface area contributed by atoms with Crippen molar-refractivity contribution in [1.29, 1.82) is 0 Å². The molecule has 0 amide bonds. The average Bonchev–Trinajstić information content (AvgIpc) is 2.57. The van der Waals surface area contributed by atoms with Crippen LogP contribution in [0, 0.1) is 0 Å². The Kier molecular flexibility index (Phi) is 5.02. The molecule has 0 atom stereocenters. The van der Waals surface area contributed by atoms with Crippen LogP contribution in [0.5, 0.6) is 0 Å². The van der Waals surface area contributed by atoms with Crippen molar-refractivity contribution in [2.24, 2.45) is 0 Å². The Balaban J connectivity index is 1.52. The third-order valence-corrected chi connectivity index (χ3v) is 4.99. The van der Waals surface area contributed by atoms with Crippen LogP contribution in [-0.2, 0) is 0 Å². The summed E-state index contributed by atoms with van der Waals surface area (Å²) >= 11 is 0. The van der Waals surface area contributed by atoms with Crippen LogP contribution in [0.1, 0.15) is 39.0 Å². The molecule has 21 heavy (non-hydrogen) atoms. The number of anilines is 2. The number of hydrogen-bond donors (Lipinski definition) is 1. The summed E-state index contributed by atoms with van der Waals surface area (Å²) < 4.78 is 0. The quantitative estimate of drug-likeness (QED) is 0.913. The first-order valence-corrected chi connectivity index (χ1v) is 8.69. The molecule has 2 fully saturated rings. The van der Waals surface area contributed by atoms with E-state index in [1.165, 1.54) is 76.2 Å². The van der Waals surface area contributed by atoms with Gasteiger partial charge in [0.05, 0.1) is 0 Å². The molecule has 1 aromatic rings. The molecule has 3 rings (SSSR count). The van der Waals surface area contributed by atoms with E-state index in [1.54, 1.807) is 0 Å². The normalized spacial score (nSPS) is 21.5. The molecular formula is C18H29N3. The van der Waals surface area contributed by atoms with Gasteiger partial charge in [-0.15, -0.1) is 0 Å². The maximum absolute atomic E-state index is 3.71. The molecule has 0 aromatic heterocycles. The molecule has 1 N–H and O–H groups in total. The Morgan fingerprint density at radius 3 is 2.24 bits per heavy atom. The second-order valence-corrected chi connectivity index (χ2v) is 6.45. The Labute approximate surface area is 129 Å². The number of rotatable bonds is 4. The van der Waals surface area contributed by atoms with Crippen LogP contribution in [0.2, 0.25) is 0 Å². The van der Waals surface area contributed by atoms with Crippen molar-refractivity contribution in [2.45, 2.75) is 45.1 Å². The second-order valence-electron chi connectivity index (χ2n) is 6.45. The van der Waals surface area contributed by atoms with E-state index in [0.717, 1.165) is 0 Å². The van der Waals surface area contributed by atoms with Gasteiger partial charge < -0.3 is 15.1 Å². The van der Waals surface area contributed by atoms with Crippen molar-refractivity contribution in [1.82, 2.24) is 4.90 Å². The van der Waals surface area contributed by atoms with Crippen LogP contribution >= 0.6 is 0 Å². The molecule has 0 bridgehead atoms. The molecule has 0 aliphatic carbocycles. The molecule has 1 aromatic carbocycles. The Bertz CT molecular complexity index is 415. The topological polar surface area (TPSA) is 18.5 Å². The van der Waals surface area contributed by atoms with Crippen LogP contribution in [0.15, 0.2) is 24.3 Å². The van der Waals surface area contributed by atoms with Crippen LogP contribution < -0.4 is 10.2 Å². The zero-order valence-corrected chi connectivity index (χ0v) is 13.4. The molecule has 3 heteroatoms. The van der Waals surface area contributed by atoms with Gasteiger partial charge in [-0.05, 0) is 62.9 Å². The number of likely N-dealkylation sites (tertiary alicyclic amines) is 1. The van der Waals surface area contributed by atoms with Gasteiger partial charge in [0.1, 0.15) is 0 Å². The molecule has 2 aliphatic heterocycles. The third kappa shape index (κ3) is 3.91. The summed E-state index contributed by atoms with van der Waals surface area (Å²) in [6.45, 7) is 8.37. The lowest BCUT2D eigenvalue weighted by atomic mass is 10.0. The highest BCUT2D eigenvalue weighted by Gasteiger charge is 2.17. The van der Waals surface area contributed by atoms with E-state index < -0.39 is 0 Å². The van der Waals surface area contributed by atoms with Crippen molar-refractivity contribution in [3.63, 3.8) is 0 Å². The molecular weight excluding hydrogens is 258 g/mol. The first kappa shape index (κ1) is 14.7. The number of piperidine rings is 2. The summed E-state index contributed by atoms with van der Waals surface area (Å²) in [4.78, 5) is 5.06. The van der Waals surface area contributed by atoms with Crippen molar-refractivity contribution in [3.8, 4) is 0 Å². The standard InChI is InChI=1S/C18H29N3/c1-2-20-14-10-17(11-15-20)19-16-6-8-18(9-7-16)21-12-4-3-5-13-21/h6-9,17,19H,2-5,10-15H2,1H3. The van der Waals surface area contributed by atoms with Gasteiger partial charge in [0, 0.05) is 43.6 Å². The lowest BCUT2D eigenvalue weighted by Crippen LogP contribution is -2.38. The fourth-order valence-electron chi connectivity index (χ4n) is 3.55. The molecule has 0 saturated carbocycles. The largest absolute Gasteiger partial charge is 0.382 e. The fourth-order valence-corrected chi connectivity index (χ4v) is 3.55. The van der Waals surface area contributed by atoms with Crippen molar-refractivity contribution in [3.05, 3.63) is 24.3 Å². The molecule has 0 radical (unpaired) electrons. The molecule has 3 nitrogen and oxygen atoms in total. The number of hydrogen-bond acceptors (Lipinski definition) is 3. The highest BCUT2D eigenvalue weighted by Crippen LogP contribution is 2.23. The van der Waals surface area contributed by atoms with Crippen LogP contribution in [-0.4, -0.2) is 43.7 Å². The lowest BCUT2D eigenvalue weighted by molar-refractivity contribution is 0.229. The van der Waals surface area contributed by atoms with Crippen LogP contribution in [0.3, 0.4) is 0 Å². The smallest absolute Gasteiger partial charge is 0.0367 e. The van der Waals surface area contributed by atoms with Crippen LogP contribution in [0.25, 0.3) is 0 Å². The zero-order valence-electron chi connectivity index (χ0n) is 13.4. The van der Waals surface area contributed by atoms with E-state index >= 15 is 0 Å².